The maximum Gasteiger partial charge on any atom is 0.232 e. The fraction of sp³-hybridized carbons (Fsp3) is 0.167. The molecular formula is C12H11Br2N3O2. The van der Waals surface area contributed by atoms with Crippen LogP contribution in [0.25, 0.3) is 0 Å². The van der Waals surface area contributed by atoms with Gasteiger partial charge in [0.15, 0.2) is 0 Å². The Balaban J connectivity index is 2.25. The molecule has 100 valence electrons. The highest BCUT2D eigenvalue weighted by molar-refractivity contribution is 9.10. The van der Waals surface area contributed by atoms with E-state index < -0.39 is 0 Å². The molecule has 1 N–H and O–H groups in total. The molecule has 0 aliphatic carbocycles. The van der Waals surface area contributed by atoms with Crippen LogP contribution in [0.3, 0.4) is 0 Å². The molecule has 0 unspecified atom stereocenters. The Kier molecular flexibility index (Phi) is 4.60. The number of halogens is 2. The summed E-state index contributed by atoms with van der Waals surface area (Å²) in [6.07, 6.45) is 1.63. The molecule has 0 radical (unpaired) electrons. The molecule has 0 bridgehead atoms. The van der Waals surface area contributed by atoms with Gasteiger partial charge in [-0.25, -0.2) is 4.98 Å². The molecule has 0 aliphatic rings. The van der Waals surface area contributed by atoms with Crippen LogP contribution in [0.4, 0.5) is 11.6 Å². The molecule has 0 fully saturated rings. The Labute approximate surface area is 127 Å². The molecule has 0 atom stereocenters. The van der Waals surface area contributed by atoms with Crippen LogP contribution in [0.2, 0.25) is 0 Å². The van der Waals surface area contributed by atoms with E-state index in [1.54, 1.807) is 20.4 Å². The van der Waals surface area contributed by atoms with Crippen molar-refractivity contribution in [1.29, 1.82) is 0 Å². The van der Waals surface area contributed by atoms with Gasteiger partial charge < -0.3 is 14.8 Å². The third kappa shape index (κ3) is 3.36. The van der Waals surface area contributed by atoms with Gasteiger partial charge in [0.25, 0.3) is 0 Å². The summed E-state index contributed by atoms with van der Waals surface area (Å²) in [5.41, 5.74) is 0.824. The fourth-order valence-electron chi connectivity index (χ4n) is 1.42. The number of nitrogens with one attached hydrogen (secondary N) is 1. The van der Waals surface area contributed by atoms with E-state index in [1.165, 1.54) is 0 Å². The van der Waals surface area contributed by atoms with E-state index in [1.807, 2.05) is 18.2 Å². The maximum atomic E-state index is 5.23. The molecule has 2 rings (SSSR count). The minimum absolute atomic E-state index is 0.449. The summed E-state index contributed by atoms with van der Waals surface area (Å²) in [4.78, 5) is 8.38. The van der Waals surface area contributed by atoms with Crippen LogP contribution in [0, 0.1) is 0 Å². The number of nitrogens with zero attached hydrogens (tertiary/aromatic N) is 2. The molecule has 0 saturated heterocycles. The predicted molar refractivity (Wildman–Crippen MR) is 80.3 cm³/mol. The molecule has 1 heterocycles. The van der Waals surface area contributed by atoms with Gasteiger partial charge in [0.1, 0.15) is 5.75 Å². The van der Waals surface area contributed by atoms with Crippen molar-refractivity contribution in [3.63, 3.8) is 0 Å². The predicted octanol–water partition coefficient (Wildman–Crippen LogP) is 3.76. The summed E-state index contributed by atoms with van der Waals surface area (Å²) in [5.74, 6) is 1.65. The first-order chi connectivity index (χ1) is 9.13. The van der Waals surface area contributed by atoms with E-state index in [0.29, 0.717) is 16.3 Å². The van der Waals surface area contributed by atoms with E-state index >= 15 is 0 Å². The van der Waals surface area contributed by atoms with Crippen molar-refractivity contribution >= 4 is 43.5 Å². The topological polar surface area (TPSA) is 56.3 Å². The van der Waals surface area contributed by atoms with Gasteiger partial charge in [-0.1, -0.05) is 0 Å². The van der Waals surface area contributed by atoms with Gasteiger partial charge in [-0.3, -0.25) is 0 Å². The zero-order chi connectivity index (χ0) is 13.8. The lowest BCUT2D eigenvalue weighted by Gasteiger charge is -2.09. The number of anilines is 2. The molecular weight excluding hydrogens is 378 g/mol. The molecule has 0 spiro atoms. The molecule has 0 amide bonds. The second-order valence-corrected chi connectivity index (χ2v) is 5.23. The van der Waals surface area contributed by atoms with Crippen molar-refractivity contribution in [3.8, 4) is 11.6 Å². The number of rotatable bonds is 4. The van der Waals surface area contributed by atoms with Crippen molar-refractivity contribution in [2.75, 3.05) is 19.5 Å². The van der Waals surface area contributed by atoms with E-state index in [-0.39, 0.29) is 0 Å². The average molecular weight is 389 g/mol. The van der Waals surface area contributed by atoms with Crippen molar-refractivity contribution in [2.45, 2.75) is 0 Å². The quantitative estimate of drug-likeness (QED) is 0.863. The first kappa shape index (κ1) is 14.1. The Morgan fingerprint density at radius 1 is 1.11 bits per heavy atom. The van der Waals surface area contributed by atoms with Crippen molar-refractivity contribution in [2.24, 2.45) is 0 Å². The van der Waals surface area contributed by atoms with Crippen LogP contribution in [-0.2, 0) is 0 Å². The molecule has 0 aliphatic heterocycles. The summed E-state index contributed by atoms with van der Waals surface area (Å²) in [6.45, 7) is 0. The Hall–Kier alpha value is -1.34. The highest BCUT2D eigenvalue weighted by Crippen LogP contribution is 2.29. The summed E-state index contributed by atoms with van der Waals surface area (Å²) in [6, 6.07) is 5.63. The molecule has 1 aromatic heterocycles. The van der Waals surface area contributed by atoms with Crippen LogP contribution >= 0.6 is 31.9 Å². The maximum absolute atomic E-state index is 5.23. The zero-order valence-electron chi connectivity index (χ0n) is 10.3. The first-order valence-corrected chi connectivity index (χ1v) is 6.89. The van der Waals surface area contributed by atoms with E-state index in [9.17, 15) is 0 Å². The minimum Gasteiger partial charge on any atom is -0.495 e. The van der Waals surface area contributed by atoms with Gasteiger partial charge in [-0.15, -0.1) is 0 Å². The van der Waals surface area contributed by atoms with Gasteiger partial charge in [-0.2, -0.15) is 4.98 Å². The third-order valence-corrected chi connectivity index (χ3v) is 3.51. The molecule has 0 saturated carbocycles. The minimum atomic E-state index is 0.449. The average Bonchev–Trinajstić information content (AvgIpc) is 2.43. The Morgan fingerprint density at radius 2 is 1.89 bits per heavy atom. The lowest BCUT2D eigenvalue weighted by Crippen LogP contribution is -1.99. The van der Waals surface area contributed by atoms with Crippen molar-refractivity contribution < 1.29 is 9.47 Å². The van der Waals surface area contributed by atoms with Crippen molar-refractivity contribution in [3.05, 3.63) is 33.3 Å². The number of aromatic nitrogens is 2. The molecule has 7 heteroatoms. The number of benzene rings is 1. The Bertz CT molecular complexity index is 542. The highest BCUT2D eigenvalue weighted by Gasteiger charge is 2.07. The number of hydrogen-bond donors (Lipinski definition) is 1. The number of methoxy groups -OCH3 is 2. The van der Waals surface area contributed by atoms with Gasteiger partial charge >= 0.3 is 0 Å². The van der Waals surface area contributed by atoms with Gasteiger partial charge in [0, 0.05) is 11.8 Å². The summed E-state index contributed by atoms with van der Waals surface area (Å²) in [5, 5.41) is 3.08. The van der Waals surface area contributed by atoms with E-state index in [2.05, 4.69) is 47.1 Å². The molecule has 19 heavy (non-hydrogen) atoms. The largest absolute Gasteiger partial charge is 0.495 e. The summed E-state index contributed by atoms with van der Waals surface area (Å²) < 4.78 is 11.9. The van der Waals surface area contributed by atoms with Crippen LogP contribution in [0.5, 0.6) is 11.6 Å². The van der Waals surface area contributed by atoms with Crippen LogP contribution in [0.15, 0.2) is 33.3 Å². The van der Waals surface area contributed by atoms with Gasteiger partial charge in [0.2, 0.25) is 11.8 Å². The SMILES string of the molecule is COc1cc(Nc2ncc(Br)c(OC)n2)ccc1Br. The number of hydrogen-bond acceptors (Lipinski definition) is 5. The monoisotopic (exact) mass is 387 g/mol. The van der Waals surface area contributed by atoms with Gasteiger partial charge in [0.05, 0.1) is 29.4 Å². The zero-order valence-corrected chi connectivity index (χ0v) is 13.4. The van der Waals surface area contributed by atoms with E-state index in [4.69, 9.17) is 9.47 Å². The molecule has 1 aromatic carbocycles. The molecule has 2 aromatic rings. The summed E-state index contributed by atoms with van der Waals surface area (Å²) in [7, 11) is 3.17. The van der Waals surface area contributed by atoms with Gasteiger partial charge in [-0.05, 0) is 44.0 Å². The normalized spacial score (nSPS) is 10.1. The third-order valence-electron chi connectivity index (χ3n) is 2.31. The van der Waals surface area contributed by atoms with Crippen molar-refractivity contribution in [1.82, 2.24) is 9.97 Å². The van der Waals surface area contributed by atoms with Crippen LogP contribution in [-0.4, -0.2) is 24.2 Å². The second-order valence-electron chi connectivity index (χ2n) is 3.53. The second kappa shape index (κ2) is 6.21. The lowest BCUT2D eigenvalue weighted by atomic mass is 10.3. The highest BCUT2D eigenvalue weighted by atomic mass is 79.9. The summed E-state index contributed by atoms with van der Waals surface area (Å²) >= 11 is 6.70. The lowest BCUT2D eigenvalue weighted by molar-refractivity contribution is 0.394. The fourth-order valence-corrected chi connectivity index (χ4v) is 2.18. The number of ether oxygens (including phenoxy) is 2. The first-order valence-electron chi connectivity index (χ1n) is 5.31. The Morgan fingerprint density at radius 3 is 2.58 bits per heavy atom. The van der Waals surface area contributed by atoms with Crippen LogP contribution in [0.1, 0.15) is 0 Å². The smallest absolute Gasteiger partial charge is 0.232 e. The standard InChI is InChI=1S/C12H11Br2N3O2/c1-18-10-5-7(3-4-8(10)13)16-12-15-6-9(14)11(17-12)19-2/h3-6H,1-2H3,(H,15,16,17). The van der Waals surface area contributed by atoms with E-state index in [0.717, 1.165) is 15.9 Å². The molecule has 5 nitrogen and oxygen atoms in total. The van der Waals surface area contributed by atoms with Crippen LogP contribution < -0.4 is 14.8 Å².